The zero-order valence-electron chi connectivity index (χ0n) is 19.5. The van der Waals surface area contributed by atoms with Gasteiger partial charge in [0.2, 0.25) is 0 Å². The first kappa shape index (κ1) is 23.5. The average molecular weight is 487 g/mol. The number of ether oxygens (including phenoxy) is 1. The molecule has 0 aromatic carbocycles. The van der Waals surface area contributed by atoms with Gasteiger partial charge in [0, 0.05) is 47.3 Å². The van der Waals surface area contributed by atoms with Crippen LogP contribution in [0.2, 0.25) is 0 Å². The summed E-state index contributed by atoms with van der Waals surface area (Å²) in [4.78, 5) is 30.1. The lowest BCUT2D eigenvalue weighted by Gasteiger charge is -2.25. The summed E-state index contributed by atoms with van der Waals surface area (Å²) in [6.07, 6.45) is 5.07. The number of hydrogen-bond donors (Lipinski definition) is 2. The number of likely N-dealkylation sites (N-methyl/N-ethyl adjacent to an activating group) is 1. The second-order valence-corrected chi connectivity index (χ2v) is 10.3. The van der Waals surface area contributed by atoms with Crippen molar-refractivity contribution < 1.29 is 14.3 Å². The molecule has 33 heavy (non-hydrogen) atoms. The van der Waals surface area contributed by atoms with Crippen LogP contribution in [0.25, 0.3) is 5.00 Å². The molecule has 0 aliphatic carbocycles. The van der Waals surface area contributed by atoms with Crippen molar-refractivity contribution in [1.29, 1.82) is 0 Å². The second-order valence-electron chi connectivity index (χ2n) is 8.01. The third-order valence-corrected chi connectivity index (χ3v) is 8.42. The van der Waals surface area contributed by atoms with Crippen LogP contribution in [0.15, 0.2) is 24.5 Å². The Morgan fingerprint density at radius 2 is 1.91 bits per heavy atom. The van der Waals surface area contributed by atoms with Crippen molar-refractivity contribution in [1.82, 2.24) is 14.8 Å². The van der Waals surface area contributed by atoms with Crippen LogP contribution in [0.5, 0.6) is 0 Å². The van der Waals surface area contributed by atoms with Crippen LogP contribution in [0.1, 0.15) is 50.7 Å². The Bertz CT molecular complexity index is 1150. The highest BCUT2D eigenvalue weighted by molar-refractivity contribution is 7.16. The summed E-state index contributed by atoms with van der Waals surface area (Å²) in [5.74, 6) is -0.406. The molecule has 0 bridgehead atoms. The van der Waals surface area contributed by atoms with Crippen molar-refractivity contribution in [2.75, 3.05) is 25.0 Å². The third-order valence-electron chi connectivity index (χ3n) is 6.03. The maximum Gasteiger partial charge on any atom is 0.341 e. The van der Waals surface area contributed by atoms with Gasteiger partial charge in [0.25, 0.3) is 0 Å². The standard InChI is InChI=1S/C24H30N4O3S2/c1-5-27-12-9-17-18(22(33-19(17)14-27)28-10-7-8-11-28)13-25-24(30)26-21-20(23(29)31-6-2)15(3)16(4)32-21/h7-8,10-11H,5-6,9,12-14H2,1-4H3,(H2,25,26,30). The Morgan fingerprint density at radius 1 is 1.15 bits per heavy atom. The van der Waals surface area contributed by atoms with Crippen molar-refractivity contribution in [3.63, 3.8) is 0 Å². The molecule has 0 radical (unpaired) electrons. The van der Waals surface area contributed by atoms with Gasteiger partial charge in [0.1, 0.15) is 10.0 Å². The van der Waals surface area contributed by atoms with E-state index in [0.29, 0.717) is 23.7 Å². The quantitative estimate of drug-likeness (QED) is 0.456. The molecule has 1 aliphatic rings. The van der Waals surface area contributed by atoms with Crippen molar-refractivity contribution in [3.8, 4) is 5.00 Å². The minimum atomic E-state index is -0.406. The maximum absolute atomic E-state index is 12.8. The minimum Gasteiger partial charge on any atom is -0.462 e. The number of hydrogen-bond acceptors (Lipinski definition) is 6. The number of fused-ring (bicyclic) bond motifs is 1. The first-order valence-corrected chi connectivity index (χ1v) is 12.9. The molecule has 7 nitrogen and oxygen atoms in total. The summed E-state index contributed by atoms with van der Waals surface area (Å²) in [7, 11) is 0. The number of urea groups is 1. The summed E-state index contributed by atoms with van der Waals surface area (Å²) in [6.45, 7) is 11.5. The van der Waals surface area contributed by atoms with Gasteiger partial charge in [-0.15, -0.1) is 22.7 Å². The lowest BCUT2D eigenvalue weighted by atomic mass is 10.0. The predicted molar refractivity (Wildman–Crippen MR) is 134 cm³/mol. The molecule has 9 heteroatoms. The Hall–Kier alpha value is -2.62. The van der Waals surface area contributed by atoms with Gasteiger partial charge in [-0.2, -0.15) is 0 Å². The lowest BCUT2D eigenvalue weighted by molar-refractivity contribution is 0.0527. The van der Waals surface area contributed by atoms with Gasteiger partial charge in [-0.3, -0.25) is 10.2 Å². The highest BCUT2D eigenvalue weighted by atomic mass is 32.1. The molecule has 0 unspecified atom stereocenters. The molecule has 2 amide bonds. The zero-order chi connectivity index (χ0) is 23.5. The summed E-state index contributed by atoms with van der Waals surface area (Å²) in [5, 5.41) is 7.58. The minimum absolute atomic E-state index is 0.291. The van der Waals surface area contributed by atoms with E-state index in [1.807, 2.05) is 38.4 Å². The van der Waals surface area contributed by atoms with Crippen LogP contribution in [0.3, 0.4) is 0 Å². The number of aryl methyl sites for hydroxylation is 1. The van der Waals surface area contributed by atoms with E-state index in [1.165, 1.54) is 27.3 Å². The summed E-state index contributed by atoms with van der Waals surface area (Å²) >= 11 is 3.20. The molecule has 3 aromatic heterocycles. The van der Waals surface area contributed by atoms with E-state index in [0.717, 1.165) is 41.5 Å². The Morgan fingerprint density at radius 3 is 2.61 bits per heavy atom. The fourth-order valence-electron chi connectivity index (χ4n) is 4.12. The van der Waals surface area contributed by atoms with Gasteiger partial charge in [0.15, 0.2) is 0 Å². The summed E-state index contributed by atoms with van der Waals surface area (Å²) in [5.41, 5.74) is 3.80. The lowest BCUT2D eigenvalue weighted by Crippen LogP contribution is -2.31. The number of rotatable bonds is 7. The van der Waals surface area contributed by atoms with Gasteiger partial charge in [-0.1, -0.05) is 6.92 Å². The predicted octanol–water partition coefficient (Wildman–Crippen LogP) is 5.09. The number of aromatic nitrogens is 1. The molecular formula is C24H30N4O3S2. The number of carbonyl (C=O) groups is 2. The molecule has 0 saturated carbocycles. The van der Waals surface area contributed by atoms with Crippen LogP contribution >= 0.6 is 22.7 Å². The Kier molecular flexibility index (Phi) is 7.21. The van der Waals surface area contributed by atoms with Crippen LogP contribution in [0, 0.1) is 13.8 Å². The molecule has 176 valence electrons. The smallest absolute Gasteiger partial charge is 0.341 e. The molecule has 2 N–H and O–H groups in total. The van der Waals surface area contributed by atoms with E-state index in [4.69, 9.17) is 4.74 Å². The first-order valence-electron chi connectivity index (χ1n) is 11.2. The first-order chi connectivity index (χ1) is 15.9. The number of thiophene rings is 2. The van der Waals surface area contributed by atoms with Crippen LogP contribution in [0.4, 0.5) is 9.80 Å². The molecular weight excluding hydrogens is 456 g/mol. The monoisotopic (exact) mass is 486 g/mol. The second kappa shape index (κ2) is 10.1. The highest BCUT2D eigenvalue weighted by Crippen LogP contribution is 2.36. The molecule has 4 rings (SSSR count). The number of carbonyl (C=O) groups excluding carboxylic acids is 2. The van der Waals surface area contributed by atoms with Crippen LogP contribution < -0.4 is 10.6 Å². The van der Waals surface area contributed by atoms with E-state index < -0.39 is 5.97 Å². The van der Waals surface area contributed by atoms with Gasteiger partial charge >= 0.3 is 12.0 Å². The van der Waals surface area contributed by atoms with Gasteiger partial charge in [-0.25, -0.2) is 9.59 Å². The maximum atomic E-state index is 12.8. The van der Waals surface area contributed by atoms with E-state index in [-0.39, 0.29) is 6.03 Å². The van der Waals surface area contributed by atoms with E-state index in [9.17, 15) is 9.59 Å². The van der Waals surface area contributed by atoms with Crippen LogP contribution in [-0.2, 0) is 24.2 Å². The van der Waals surface area contributed by atoms with Crippen LogP contribution in [-0.4, -0.2) is 41.2 Å². The summed E-state index contributed by atoms with van der Waals surface area (Å²) in [6, 6.07) is 3.70. The normalized spacial score (nSPS) is 13.6. The number of nitrogens with one attached hydrogen (secondary N) is 2. The molecule has 0 saturated heterocycles. The van der Waals surface area contributed by atoms with Gasteiger partial charge in [-0.05, 0) is 57.0 Å². The Balaban J connectivity index is 1.53. The van der Waals surface area contributed by atoms with Gasteiger partial charge < -0.3 is 14.6 Å². The molecule has 4 heterocycles. The Labute approximate surface area is 202 Å². The molecule has 3 aromatic rings. The fraction of sp³-hybridized carbons (Fsp3) is 0.417. The molecule has 0 fully saturated rings. The largest absolute Gasteiger partial charge is 0.462 e. The number of esters is 1. The van der Waals surface area contributed by atoms with Gasteiger partial charge in [0.05, 0.1) is 12.2 Å². The number of amides is 2. The molecule has 1 aliphatic heterocycles. The fourth-order valence-corrected chi connectivity index (χ4v) is 6.54. The van der Waals surface area contributed by atoms with Crippen molar-refractivity contribution >= 4 is 39.7 Å². The SMILES string of the molecule is CCOC(=O)c1c(NC(=O)NCc2c(-n3cccc3)sc3c2CCN(CC)C3)sc(C)c1C. The summed E-state index contributed by atoms with van der Waals surface area (Å²) < 4.78 is 7.32. The number of nitrogens with zero attached hydrogens (tertiary/aromatic N) is 2. The van der Waals surface area contributed by atoms with E-state index >= 15 is 0 Å². The zero-order valence-corrected chi connectivity index (χ0v) is 21.1. The van der Waals surface area contributed by atoms with Crippen molar-refractivity contribution in [3.05, 3.63) is 56.5 Å². The van der Waals surface area contributed by atoms with Crippen molar-refractivity contribution in [2.24, 2.45) is 0 Å². The van der Waals surface area contributed by atoms with Crippen molar-refractivity contribution in [2.45, 2.75) is 47.2 Å². The topological polar surface area (TPSA) is 75.6 Å². The molecule has 0 spiro atoms. The van der Waals surface area contributed by atoms with E-state index in [2.05, 4.69) is 27.0 Å². The number of anilines is 1. The average Bonchev–Trinajstić information content (AvgIpc) is 3.50. The third kappa shape index (κ3) is 4.85. The van der Waals surface area contributed by atoms with E-state index in [1.54, 1.807) is 18.3 Å². The highest BCUT2D eigenvalue weighted by Gasteiger charge is 2.25. The molecule has 0 atom stereocenters.